The van der Waals surface area contributed by atoms with E-state index in [9.17, 15) is 5.11 Å². The highest BCUT2D eigenvalue weighted by atomic mass is 16.3. The van der Waals surface area contributed by atoms with Crippen molar-refractivity contribution in [3.63, 3.8) is 0 Å². The summed E-state index contributed by atoms with van der Waals surface area (Å²) in [6.07, 6.45) is 6.04. The molecule has 1 rings (SSSR count). The van der Waals surface area contributed by atoms with Crippen molar-refractivity contribution in [1.29, 1.82) is 0 Å². The Bertz CT molecular complexity index is 289. The summed E-state index contributed by atoms with van der Waals surface area (Å²) >= 11 is 0. The molecule has 0 radical (unpaired) electrons. The fourth-order valence-corrected chi connectivity index (χ4v) is 2.49. The number of hydrogen-bond acceptors (Lipinski definition) is 2. The molecule has 0 spiro atoms. The largest absolute Gasteiger partial charge is 0.512 e. The Kier molecular flexibility index (Phi) is 8.82. The van der Waals surface area contributed by atoms with Gasteiger partial charge in [-0.15, -0.1) is 0 Å². The molecular formula is C16H31NO. The minimum atomic E-state index is 0.534. The summed E-state index contributed by atoms with van der Waals surface area (Å²) in [7, 11) is 0. The number of allylic oxidation sites excluding steroid dienone is 3. The smallest absolute Gasteiger partial charge is 0.0960 e. The third-order valence-corrected chi connectivity index (χ3v) is 3.27. The molecule has 2 nitrogen and oxygen atoms in total. The minimum Gasteiger partial charge on any atom is -0.512 e. The van der Waals surface area contributed by atoms with Crippen LogP contribution in [0, 0.1) is 11.8 Å². The SMILES string of the molecule is CC.CCC1=CC(CCN)=C(O)CC1CC(C)C. The van der Waals surface area contributed by atoms with Gasteiger partial charge >= 0.3 is 0 Å². The number of nitrogens with two attached hydrogens (primary N) is 1. The molecule has 0 saturated heterocycles. The Hall–Kier alpha value is -0.760. The van der Waals surface area contributed by atoms with Crippen molar-refractivity contribution in [2.75, 3.05) is 6.54 Å². The molecule has 1 atom stereocenters. The van der Waals surface area contributed by atoms with Crippen LogP contribution in [0.15, 0.2) is 23.0 Å². The molecule has 106 valence electrons. The Morgan fingerprint density at radius 2 is 2.00 bits per heavy atom. The second-order valence-corrected chi connectivity index (χ2v) is 5.11. The van der Waals surface area contributed by atoms with E-state index in [2.05, 4.69) is 26.8 Å². The fraction of sp³-hybridized carbons (Fsp3) is 0.750. The maximum absolute atomic E-state index is 9.98. The monoisotopic (exact) mass is 253 g/mol. The summed E-state index contributed by atoms with van der Waals surface area (Å²) < 4.78 is 0. The van der Waals surface area contributed by atoms with Crippen molar-refractivity contribution in [3.05, 3.63) is 23.0 Å². The van der Waals surface area contributed by atoms with E-state index in [4.69, 9.17) is 5.73 Å². The second kappa shape index (κ2) is 9.21. The van der Waals surface area contributed by atoms with Crippen molar-refractivity contribution < 1.29 is 5.11 Å². The molecule has 0 amide bonds. The van der Waals surface area contributed by atoms with Gasteiger partial charge in [0.25, 0.3) is 0 Å². The second-order valence-electron chi connectivity index (χ2n) is 5.11. The van der Waals surface area contributed by atoms with E-state index in [-0.39, 0.29) is 0 Å². The van der Waals surface area contributed by atoms with Crippen molar-refractivity contribution in [1.82, 2.24) is 0 Å². The molecule has 0 saturated carbocycles. The maximum atomic E-state index is 9.98. The van der Waals surface area contributed by atoms with Crippen LogP contribution in [0.2, 0.25) is 0 Å². The average Bonchev–Trinajstić information content (AvgIpc) is 2.34. The normalized spacial score (nSPS) is 19.5. The minimum absolute atomic E-state index is 0.534. The molecule has 3 N–H and O–H groups in total. The third kappa shape index (κ3) is 5.26. The molecule has 18 heavy (non-hydrogen) atoms. The molecule has 0 fully saturated rings. The molecule has 1 unspecified atom stereocenters. The van der Waals surface area contributed by atoms with Crippen molar-refractivity contribution in [3.8, 4) is 0 Å². The molecule has 2 heteroatoms. The first-order valence-corrected chi connectivity index (χ1v) is 7.40. The van der Waals surface area contributed by atoms with Crippen LogP contribution in [0.3, 0.4) is 0 Å². The highest BCUT2D eigenvalue weighted by Crippen LogP contribution is 2.34. The van der Waals surface area contributed by atoms with Gasteiger partial charge in [0.15, 0.2) is 0 Å². The van der Waals surface area contributed by atoms with Gasteiger partial charge in [0.1, 0.15) is 0 Å². The van der Waals surface area contributed by atoms with E-state index in [1.54, 1.807) is 0 Å². The zero-order chi connectivity index (χ0) is 14.1. The molecule has 1 aliphatic carbocycles. The van der Waals surface area contributed by atoms with Gasteiger partial charge in [-0.1, -0.05) is 46.3 Å². The van der Waals surface area contributed by atoms with Gasteiger partial charge < -0.3 is 10.8 Å². The predicted octanol–water partition coefficient (Wildman–Crippen LogP) is 4.58. The lowest BCUT2D eigenvalue weighted by molar-refractivity contribution is 0.328. The number of hydrogen-bond donors (Lipinski definition) is 2. The highest BCUT2D eigenvalue weighted by Gasteiger charge is 2.22. The van der Waals surface area contributed by atoms with Gasteiger partial charge in [0.2, 0.25) is 0 Å². The quantitative estimate of drug-likeness (QED) is 0.753. The van der Waals surface area contributed by atoms with E-state index in [1.807, 2.05) is 13.8 Å². The molecule has 1 aliphatic rings. The molecule has 0 heterocycles. The molecule has 0 aromatic rings. The summed E-state index contributed by atoms with van der Waals surface area (Å²) in [4.78, 5) is 0. The van der Waals surface area contributed by atoms with Crippen LogP contribution < -0.4 is 5.73 Å². The molecule has 0 aromatic heterocycles. The third-order valence-electron chi connectivity index (χ3n) is 3.27. The topological polar surface area (TPSA) is 46.2 Å². The first-order chi connectivity index (χ1) is 8.58. The lowest BCUT2D eigenvalue weighted by Gasteiger charge is -2.26. The van der Waals surface area contributed by atoms with E-state index >= 15 is 0 Å². The van der Waals surface area contributed by atoms with Crippen molar-refractivity contribution >= 4 is 0 Å². The zero-order valence-electron chi connectivity index (χ0n) is 12.8. The summed E-state index contributed by atoms with van der Waals surface area (Å²) in [6.45, 7) is 11.3. The van der Waals surface area contributed by atoms with Crippen LogP contribution in [0.25, 0.3) is 0 Å². The number of aliphatic hydroxyl groups is 1. The molecule has 0 bridgehead atoms. The summed E-state index contributed by atoms with van der Waals surface area (Å²) in [5, 5.41) is 9.98. The summed E-state index contributed by atoms with van der Waals surface area (Å²) in [5.41, 5.74) is 8.09. The lowest BCUT2D eigenvalue weighted by atomic mass is 9.80. The van der Waals surface area contributed by atoms with Crippen molar-refractivity contribution in [2.24, 2.45) is 17.6 Å². The van der Waals surface area contributed by atoms with Crippen LogP contribution >= 0.6 is 0 Å². The number of rotatable bonds is 5. The molecular weight excluding hydrogens is 222 g/mol. The Morgan fingerprint density at radius 1 is 1.39 bits per heavy atom. The van der Waals surface area contributed by atoms with E-state index in [1.165, 1.54) is 12.0 Å². The number of aliphatic hydroxyl groups excluding tert-OH is 1. The van der Waals surface area contributed by atoms with Crippen molar-refractivity contribution in [2.45, 2.75) is 60.3 Å². The van der Waals surface area contributed by atoms with Crippen LogP contribution in [0.5, 0.6) is 0 Å². The Labute approximate surface area is 113 Å². The highest BCUT2D eigenvalue weighted by molar-refractivity contribution is 5.32. The van der Waals surface area contributed by atoms with E-state index in [0.717, 1.165) is 24.8 Å². The van der Waals surface area contributed by atoms with Gasteiger partial charge in [0, 0.05) is 6.42 Å². The van der Waals surface area contributed by atoms with Gasteiger partial charge in [-0.25, -0.2) is 0 Å². The predicted molar refractivity (Wildman–Crippen MR) is 80.6 cm³/mol. The van der Waals surface area contributed by atoms with Crippen LogP contribution in [0.4, 0.5) is 0 Å². The maximum Gasteiger partial charge on any atom is 0.0960 e. The molecule has 0 aliphatic heterocycles. The first kappa shape index (κ1) is 17.2. The van der Waals surface area contributed by atoms with Crippen LogP contribution in [-0.2, 0) is 0 Å². The summed E-state index contributed by atoms with van der Waals surface area (Å²) in [5.74, 6) is 1.78. The Balaban J connectivity index is 0.00000137. The van der Waals surface area contributed by atoms with Gasteiger partial charge in [-0.2, -0.15) is 0 Å². The van der Waals surface area contributed by atoms with E-state index < -0.39 is 0 Å². The van der Waals surface area contributed by atoms with Gasteiger partial charge in [0.05, 0.1) is 5.76 Å². The fourth-order valence-electron chi connectivity index (χ4n) is 2.49. The summed E-state index contributed by atoms with van der Waals surface area (Å²) in [6, 6.07) is 0. The average molecular weight is 253 g/mol. The Morgan fingerprint density at radius 3 is 2.44 bits per heavy atom. The van der Waals surface area contributed by atoms with Crippen LogP contribution in [0.1, 0.15) is 60.3 Å². The lowest BCUT2D eigenvalue weighted by Crippen LogP contribution is -2.15. The zero-order valence-corrected chi connectivity index (χ0v) is 12.8. The van der Waals surface area contributed by atoms with Crippen LogP contribution in [-0.4, -0.2) is 11.7 Å². The molecule has 0 aromatic carbocycles. The first-order valence-electron chi connectivity index (χ1n) is 7.40. The van der Waals surface area contributed by atoms with Gasteiger partial charge in [-0.3, -0.25) is 0 Å². The standard InChI is InChI=1S/C14H25NO.C2H6/c1-4-11-8-12(5-6-15)14(16)9-13(11)7-10(2)3;1-2/h8,10,13,16H,4-7,9,15H2,1-3H3;1-2H3. The van der Waals surface area contributed by atoms with Gasteiger partial charge in [-0.05, 0) is 43.2 Å². The van der Waals surface area contributed by atoms with E-state index in [0.29, 0.717) is 24.1 Å².